The minimum absolute atomic E-state index is 0.0717. The summed E-state index contributed by atoms with van der Waals surface area (Å²) >= 11 is 0. The fourth-order valence-electron chi connectivity index (χ4n) is 7.25. The van der Waals surface area contributed by atoms with E-state index in [1.807, 2.05) is 20.8 Å². The molecule has 10 nitrogen and oxygen atoms in total. The van der Waals surface area contributed by atoms with Gasteiger partial charge in [0.05, 0.1) is 11.7 Å². The predicted molar refractivity (Wildman–Crippen MR) is 140 cm³/mol. The van der Waals surface area contributed by atoms with Gasteiger partial charge < -0.3 is 20.3 Å². The van der Waals surface area contributed by atoms with E-state index in [0.717, 1.165) is 6.42 Å². The summed E-state index contributed by atoms with van der Waals surface area (Å²) in [5, 5.41) is 27.4. The Morgan fingerprint density at radius 2 is 1.82 bits per heavy atom. The molecule has 4 rings (SSSR count). The Hall–Kier alpha value is -2.85. The van der Waals surface area contributed by atoms with E-state index in [1.54, 1.807) is 13.1 Å². The highest BCUT2D eigenvalue weighted by molar-refractivity contribution is 6.02. The number of carbonyl (C=O) groups excluding carboxylic acids is 3. The third kappa shape index (κ3) is 4.51. The molecule has 38 heavy (non-hydrogen) atoms. The maximum atomic E-state index is 13.3. The van der Waals surface area contributed by atoms with Crippen molar-refractivity contribution in [3.8, 4) is 0 Å². The highest BCUT2D eigenvalue weighted by Crippen LogP contribution is 2.63. The molecule has 3 aliphatic rings. The molecule has 3 saturated carbocycles. The van der Waals surface area contributed by atoms with Crippen LogP contribution in [0.2, 0.25) is 0 Å². The Balaban J connectivity index is 1.69. The van der Waals surface area contributed by atoms with E-state index in [2.05, 4.69) is 34.1 Å². The van der Waals surface area contributed by atoms with Crippen molar-refractivity contribution in [3.63, 3.8) is 0 Å². The van der Waals surface area contributed by atoms with E-state index in [1.165, 1.54) is 12.4 Å². The molecule has 1 aromatic rings. The van der Waals surface area contributed by atoms with Crippen LogP contribution in [0.1, 0.15) is 70.2 Å². The van der Waals surface area contributed by atoms with Crippen LogP contribution in [0.25, 0.3) is 0 Å². The number of nitrogens with one attached hydrogen (secondary N) is 2. The summed E-state index contributed by atoms with van der Waals surface area (Å²) in [7, 11) is 1.65. The van der Waals surface area contributed by atoms with Gasteiger partial charge in [0.15, 0.2) is 5.78 Å². The van der Waals surface area contributed by atoms with E-state index in [0.29, 0.717) is 25.2 Å². The summed E-state index contributed by atoms with van der Waals surface area (Å²) in [6, 6.07) is 0. The third-order valence-corrected chi connectivity index (χ3v) is 10.2. The number of hydrogen-bond donors (Lipinski definition) is 4. The van der Waals surface area contributed by atoms with E-state index in [4.69, 9.17) is 4.74 Å². The van der Waals surface area contributed by atoms with Crippen LogP contribution in [-0.4, -0.2) is 63.3 Å². The Morgan fingerprint density at radius 1 is 1.16 bits per heavy atom. The van der Waals surface area contributed by atoms with Gasteiger partial charge in [-0.2, -0.15) is 0 Å². The first kappa shape index (κ1) is 28.2. The van der Waals surface area contributed by atoms with Gasteiger partial charge in [-0.1, -0.05) is 33.8 Å². The van der Waals surface area contributed by atoms with Gasteiger partial charge in [-0.15, -0.1) is 6.58 Å². The number of Topliss-reactive ketones (excluding diaryl/α,β-unsaturated/α-hetero) is 1. The second kappa shape index (κ2) is 10.0. The van der Waals surface area contributed by atoms with Crippen LogP contribution in [0.15, 0.2) is 25.0 Å². The molecule has 2 unspecified atom stereocenters. The molecule has 0 saturated heterocycles. The number of rotatable bonds is 4. The number of aliphatic hydroxyl groups excluding tert-OH is 2. The van der Waals surface area contributed by atoms with Crippen molar-refractivity contribution >= 4 is 23.7 Å². The molecule has 1 heterocycles. The van der Waals surface area contributed by atoms with Gasteiger partial charge in [0.25, 0.3) is 5.91 Å². The van der Waals surface area contributed by atoms with Crippen LogP contribution < -0.4 is 10.6 Å². The van der Waals surface area contributed by atoms with Gasteiger partial charge in [-0.3, -0.25) is 14.9 Å². The summed E-state index contributed by atoms with van der Waals surface area (Å²) in [5.41, 5.74) is -1.96. The SMILES string of the molecule is C=C[C@]1(C)C[C@@H](OC(=O)NC(=O)c2cnc(NC)nc2)[C@@]2(C)CC3C(=O)[C@@H](O)C[C@@]3(CCC2C)[C@@H](C)[C@@H]1O. The lowest BCUT2D eigenvalue weighted by Gasteiger charge is -2.47. The maximum Gasteiger partial charge on any atom is 0.414 e. The zero-order valence-corrected chi connectivity index (χ0v) is 22.9. The molecule has 0 aliphatic heterocycles. The molecule has 10 heteroatoms. The van der Waals surface area contributed by atoms with Gasteiger partial charge in [-0.25, -0.2) is 14.8 Å². The number of alkyl carbamates (subject to hydrolysis) is 1. The first-order chi connectivity index (χ1) is 17.8. The van der Waals surface area contributed by atoms with Crippen LogP contribution >= 0.6 is 0 Å². The monoisotopic (exact) mass is 528 g/mol. The number of nitrogens with zero attached hydrogens (tertiary/aromatic N) is 2. The minimum atomic E-state index is -1.07. The smallest absolute Gasteiger partial charge is 0.414 e. The normalized spacial score (nSPS) is 40.7. The first-order valence-electron chi connectivity index (χ1n) is 13.4. The number of fused-ring (bicyclic) bond motifs is 1. The number of carbonyl (C=O) groups is 3. The van der Waals surface area contributed by atoms with Crippen LogP contribution in [0.3, 0.4) is 0 Å². The summed E-state index contributed by atoms with van der Waals surface area (Å²) in [5.74, 6) is -1.25. The second-order valence-corrected chi connectivity index (χ2v) is 12.1. The lowest BCUT2D eigenvalue weighted by atomic mass is 9.60. The highest BCUT2D eigenvalue weighted by Gasteiger charge is 2.64. The average molecular weight is 529 g/mol. The number of aliphatic hydroxyl groups is 2. The second-order valence-electron chi connectivity index (χ2n) is 12.1. The highest BCUT2D eigenvalue weighted by atomic mass is 16.6. The van der Waals surface area contributed by atoms with Crippen molar-refractivity contribution in [3.05, 3.63) is 30.6 Å². The summed E-state index contributed by atoms with van der Waals surface area (Å²) in [4.78, 5) is 47.1. The molecule has 1 aromatic heterocycles. The van der Waals surface area contributed by atoms with E-state index >= 15 is 0 Å². The lowest BCUT2D eigenvalue weighted by molar-refractivity contribution is -0.130. The molecule has 0 aromatic carbocycles. The number of imide groups is 1. The van der Waals surface area contributed by atoms with Crippen LogP contribution in [0.4, 0.5) is 10.7 Å². The van der Waals surface area contributed by atoms with Crippen LogP contribution in [0.5, 0.6) is 0 Å². The maximum absolute atomic E-state index is 13.3. The molecule has 0 spiro atoms. The lowest BCUT2D eigenvalue weighted by Crippen LogP contribution is -2.49. The molecule has 2 amide bonds. The van der Waals surface area contributed by atoms with Crippen molar-refractivity contribution < 1.29 is 29.3 Å². The van der Waals surface area contributed by atoms with E-state index in [9.17, 15) is 24.6 Å². The van der Waals surface area contributed by atoms with Gasteiger partial charge in [0, 0.05) is 36.2 Å². The van der Waals surface area contributed by atoms with E-state index < -0.39 is 52.5 Å². The average Bonchev–Trinajstić information content (AvgIpc) is 3.07. The van der Waals surface area contributed by atoms with Gasteiger partial charge in [0.2, 0.25) is 5.95 Å². The standard InChI is InChI=1S/C28H40N4O6/c1-7-26(4)12-20(38-25(37)32-23(36)17-13-30-24(29-6)31-14-17)27(5)10-18-21(34)19(33)11-28(18,9-8-15(27)2)16(3)22(26)35/h7,13-16,18-20,22,33,35H,1,8-12H2,2-6H3,(H,29,30,31)(H,32,36,37)/t15?,16-,18?,19-,20+,22-,26+,27-,28-/m0/s1. The Morgan fingerprint density at radius 3 is 2.42 bits per heavy atom. The molecule has 2 bridgehead atoms. The predicted octanol–water partition coefficient (Wildman–Crippen LogP) is 3.11. The minimum Gasteiger partial charge on any atom is -0.445 e. The number of aromatic nitrogens is 2. The van der Waals surface area contributed by atoms with Crippen molar-refractivity contribution in [1.82, 2.24) is 15.3 Å². The Kier molecular flexibility index (Phi) is 7.44. The Bertz CT molecular complexity index is 1110. The van der Waals surface area contributed by atoms with E-state index in [-0.39, 0.29) is 29.6 Å². The summed E-state index contributed by atoms with van der Waals surface area (Å²) < 4.78 is 6.01. The van der Waals surface area contributed by atoms with Gasteiger partial charge in [-0.05, 0) is 49.4 Å². The quantitative estimate of drug-likeness (QED) is 0.432. The number of ether oxygens (including phenoxy) is 1. The molecule has 3 aliphatic carbocycles. The molecule has 0 radical (unpaired) electrons. The van der Waals surface area contributed by atoms with Crippen molar-refractivity contribution in [2.24, 2.45) is 34.0 Å². The molecule has 3 fully saturated rings. The van der Waals surface area contributed by atoms with Crippen molar-refractivity contribution in [1.29, 1.82) is 0 Å². The largest absolute Gasteiger partial charge is 0.445 e. The molecular weight excluding hydrogens is 488 g/mol. The third-order valence-electron chi connectivity index (χ3n) is 10.2. The van der Waals surface area contributed by atoms with Crippen LogP contribution in [0, 0.1) is 34.0 Å². The molecule has 9 atom stereocenters. The molecular formula is C28H40N4O6. The topological polar surface area (TPSA) is 151 Å². The molecule has 208 valence electrons. The number of ketones is 1. The van der Waals surface area contributed by atoms with Gasteiger partial charge >= 0.3 is 6.09 Å². The van der Waals surface area contributed by atoms with Crippen molar-refractivity contribution in [2.45, 2.75) is 78.1 Å². The van der Waals surface area contributed by atoms with Crippen LogP contribution in [-0.2, 0) is 9.53 Å². The fourth-order valence-corrected chi connectivity index (χ4v) is 7.25. The zero-order chi connectivity index (χ0) is 28.0. The summed E-state index contributed by atoms with van der Waals surface area (Å²) in [6.45, 7) is 12.0. The van der Waals surface area contributed by atoms with Crippen molar-refractivity contribution in [2.75, 3.05) is 12.4 Å². The summed E-state index contributed by atoms with van der Waals surface area (Å²) in [6.07, 6.45) is 3.13. The Labute approximate surface area is 223 Å². The molecule has 4 N–H and O–H groups in total. The number of amides is 2. The zero-order valence-electron chi connectivity index (χ0n) is 22.9. The first-order valence-corrected chi connectivity index (χ1v) is 13.4. The number of hydrogen-bond acceptors (Lipinski definition) is 9. The number of anilines is 1. The van der Waals surface area contributed by atoms with Gasteiger partial charge in [0.1, 0.15) is 12.2 Å². The fraction of sp³-hybridized carbons (Fsp3) is 0.679.